The van der Waals surface area contributed by atoms with Gasteiger partial charge in [-0.05, 0) is 0 Å². The van der Waals surface area contributed by atoms with E-state index < -0.39 is 25.2 Å². The summed E-state index contributed by atoms with van der Waals surface area (Å²) in [6.45, 7) is -1.11. The summed E-state index contributed by atoms with van der Waals surface area (Å²) >= 11 is 0. The Morgan fingerprint density at radius 1 is 0.882 bits per heavy atom. The molecule has 0 heterocycles. The van der Waals surface area contributed by atoms with Crippen LogP contribution in [-0.2, 0) is 19.1 Å². The number of carbonyl (C=O) groups is 2. The summed E-state index contributed by atoms with van der Waals surface area (Å²) in [4.78, 5) is 19.1. The Balaban J connectivity index is -0.000000218. The quantitative estimate of drug-likeness (QED) is 0.333. The molecule has 96 valence electrons. The minimum atomic E-state index is -1.27. The number of rotatable bonds is 8. The average Bonchev–Trinajstić information content (AvgIpc) is 2.18. The monoisotopic (exact) mass is 278 g/mol. The molecule has 0 spiro atoms. The van der Waals surface area contributed by atoms with E-state index in [1.54, 1.807) is 0 Å². The molecule has 0 aromatic rings. The number of carbonyl (C=O) groups excluding carboxylic acids is 2. The van der Waals surface area contributed by atoms with Gasteiger partial charge in [0, 0.05) is 0 Å². The van der Waals surface area contributed by atoms with Crippen LogP contribution in [0.4, 0.5) is 0 Å². The third-order valence-corrected chi connectivity index (χ3v) is 0.911. The number of aliphatic hydroxyl groups excluding tert-OH is 2. The van der Waals surface area contributed by atoms with Crippen LogP contribution in [-0.4, -0.2) is 99.5 Å². The van der Waals surface area contributed by atoms with Crippen molar-refractivity contribution < 1.29 is 39.5 Å². The van der Waals surface area contributed by atoms with Crippen LogP contribution >= 0.6 is 0 Å². The van der Waals surface area contributed by atoms with Crippen molar-refractivity contribution in [1.29, 1.82) is 0 Å². The summed E-state index contributed by atoms with van der Waals surface area (Å²) in [6.07, 6.45) is 0. The molecule has 0 unspecified atom stereocenters. The van der Waals surface area contributed by atoms with E-state index in [-0.39, 0.29) is 64.2 Å². The van der Waals surface area contributed by atoms with Gasteiger partial charge in [-0.3, -0.25) is 0 Å². The van der Waals surface area contributed by atoms with E-state index in [4.69, 9.17) is 10.2 Å². The Morgan fingerprint density at radius 3 is 1.35 bits per heavy atom. The van der Waals surface area contributed by atoms with Crippen LogP contribution in [0.1, 0.15) is 0 Å². The number of aliphatic hydroxyl groups is 2. The first-order valence-electron chi connectivity index (χ1n) is 4.31. The van der Waals surface area contributed by atoms with Crippen LogP contribution in [0, 0.1) is 0 Å². The van der Waals surface area contributed by atoms with Crippen LogP contribution in [0.15, 0.2) is 0 Å². The largest absolute Gasteiger partial charge is 2.00 e. The molecule has 17 heavy (non-hydrogen) atoms. The van der Waals surface area contributed by atoms with E-state index in [9.17, 15) is 19.8 Å². The van der Waals surface area contributed by atoms with Crippen LogP contribution in [0.25, 0.3) is 0 Å². The van der Waals surface area contributed by atoms with Crippen molar-refractivity contribution in [1.82, 2.24) is 0 Å². The van der Waals surface area contributed by atoms with Crippen LogP contribution in [0.3, 0.4) is 0 Å². The van der Waals surface area contributed by atoms with Gasteiger partial charge in [-0.15, -0.1) is 0 Å². The zero-order chi connectivity index (χ0) is 12.8. The van der Waals surface area contributed by atoms with Crippen LogP contribution < -0.4 is 10.2 Å². The van der Waals surface area contributed by atoms with Gasteiger partial charge in [0.25, 0.3) is 0 Å². The molecule has 0 aliphatic heterocycles. The van der Waals surface area contributed by atoms with Gasteiger partial charge in [0.2, 0.25) is 0 Å². The minimum absolute atomic E-state index is 0. The molecule has 0 fully saturated rings. The zero-order valence-corrected chi connectivity index (χ0v) is 11.5. The van der Waals surface area contributed by atoms with E-state index in [1.807, 2.05) is 0 Å². The normalized spacial score (nSPS) is 8.59. The summed E-state index contributed by atoms with van der Waals surface area (Å²) < 4.78 is 8.66. The first-order chi connectivity index (χ1) is 7.54. The fourth-order valence-electron chi connectivity index (χ4n) is 0.440. The Kier molecular flexibility index (Phi) is 24.1. The number of hydrogen-bond donors (Lipinski definition) is 2. The molecule has 0 bridgehead atoms. The van der Waals surface area contributed by atoms with Crippen molar-refractivity contribution >= 4 is 49.7 Å². The molecular formula is C8H14CaO8. The van der Waals surface area contributed by atoms with E-state index in [2.05, 4.69) is 9.47 Å². The summed E-state index contributed by atoms with van der Waals surface area (Å²) in [6, 6.07) is 0. The maximum absolute atomic E-state index is 9.56. The smallest absolute Gasteiger partial charge is 0.548 e. The second-order valence-corrected chi connectivity index (χ2v) is 2.30. The van der Waals surface area contributed by atoms with Crippen LogP contribution in [0.5, 0.6) is 0 Å². The fourth-order valence-corrected chi connectivity index (χ4v) is 0.440. The van der Waals surface area contributed by atoms with E-state index in [0.717, 1.165) is 0 Å². The minimum Gasteiger partial charge on any atom is -0.548 e. The molecule has 8 nitrogen and oxygen atoms in total. The second kappa shape index (κ2) is 18.4. The second-order valence-electron chi connectivity index (χ2n) is 2.30. The summed E-state index contributed by atoms with van der Waals surface area (Å²) in [5.41, 5.74) is 0. The molecule has 0 saturated carbocycles. The fraction of sp³-hybridized carbons (Fsp3) is 0.750. The molecule has 0 aromatic carbocycles. The van der Waals surface area contributed by atoms with Gasteiger partial charge in [-0.25, -0.2) is 0 Å². The Hall–Kier alpha value is 0.0397. The van der Waals surface area contributed by atoms with Crippen molar-refractivity contribution in [2.75, 3.05) is 39.6 Å². The van der Waals surface area contributed by atoms with Gasteiger partial charge in [-0.2, -0.15) is 0 Å². The first kappa shape index (κ1) is 22.2. The van der Waals surface area contributed by atoms with Crippen molar-refractivity contribution in [3.05, 3.63) is 0 Å². The molecule has 0 saturated heterocycles. The average molecular weight is 278 g/mol. The third-order valence-electron chi connectivity index (χ3n) is 0.911. The Morgan fingerprint density at radius 2 is 1.18 bits per heavy atom. The van der Waals surface area contributed by atoms with Crippen molar-refractivity contribution in [3.63, 3.8) is 0 Å². The summed E-state index contributed by atoms with van der Waals surface area (Å²) in [7, 11) is 0. The zero-order valence-electron chi connectivity index (χ0n) is 9.29. The van der Waals surface area contributed by atoms with Crippen molar-refractivity contribution in [2.24, 2.45) is 0 Å². The van der Waals surface area contributed by atoms with Crippen molar-refractivity contribution in [2.45, 2.75) is 0 Å². The predicted octanol–water partition coefficient (Wildman–Crippen LogP) is -4.89. The summed E-state index contributed by atoms with van der Waals surface area (Å²) in [5.74, 6) is -2.53. The molecule has 0 radical (unpaired) electrons. The molecule has 0 aliphatic carbocycles. The van der Waals surface area contributed by atoms with Gasteiger partial charge in [0.1, 0.15) is 0 Å². The number of carboxylic acids is 2. The number of carboxylic acid groups (broad SMARTS) is 2. The van der Waals surface area contributed by atoms with Gasteiger partial charge >= 0.3 is 37.7 Å². The topological polar surface area (TPSA) is 139 Å². The van der Waals surface area contributed by atoms with Gasteiger partial charge in [0.05, 0.1) is 51.6 Å². The third kappa shape index (κ3) is 31.4. The molecule has 2 N–H and O–H groups in total. The molecule has 0 amide bonds. The summed E-state index contributed by atoms with van der Waals surface area (Å²) in [5, 5.41) is 35.2. The molecule has 0 atom stereocenters. The predicted molar refractivity (Wildman–Crippen MR) is 51.6 cm³/mol. The van der Waals surface area contributed by atoms with Gasteiger partial charge in [-0.1, -0.05) is 0 Å². The van der Waals surface area contributed by atoms with Gasteiger partial charge in [0.15, 0.2) is 0 Å². The molecule has 0 aliphatic rings. The maximum Gasteiger partial charge on any atom is 2.00 e. The number of ether oxygens (including phenoxy) is 2. The Labute approximate surface area is 128 Å². The Bertz CT molecular complexity index is 166. The van der Waals surface area contributed by atoms with E-state index in [1.165, 1.54) is 0 Å². The number of hydrogen-bond acceptors (Lipinski definition) is 8. The van der Waals surface area contributed by atoms with E-state index >= 15 is 0 Å². The SMILES string of the molecule is O=C([O-])COCCO.O=C([O-])COCCO.[Ca+2]. The van der Waals surface area contributed by atoms with Crippen molar-refractivity contribution in [3.8, 4) is 0 Å². The number of aliphatic carboxylic acids is 2. The molecular weight excluding hydrogens is 264 g/mol. The molecule has 9 heteroatoms. The van der Waals surface area contributed by atoms with E-state index in [0.29, 0.717) is 0 Å². The standard InChI is InChI=1S/2C4H8O4.Ca/c2*5-1-2-8-3-4(6)7;/h2*5H,1-3H2,(H,6,7);/q;;+2/p-2. The molecule has 0 rings (SSSR count). The van der Waals surface area contributed by atoms with Crippen LogP contribution in [0.2, 0.25) is 0 Å². The molecule has 0 aromatic heterocycles. The van der Waals surface area contributed by atoms with Gasteiger partial charge < -0.3 is 39.5 Å². The first-order valence-corrected chi connectivity index (χ1v) is 4.31. The maximum atomic E-state index is 9.56.